The molecule has 2 heterocycles. The Labute approximate surface area is 116 Å². The van der Waals surface area contributed by atoms with E-state index in [0.29, 0.717) is 0 Å². The van der Waals surface area contributed by atoms with Crippen LogP contribution in [0, 0.1) is 13.8 Å². The molecule has 98 valence electrons. The van der Waals surface area contributed by atoms with Crippen molar-refractivity contribution in [2.24, 2.45) is 0 Å². The molecule has 0 radical (unpaired) electrons. The lowest BCUT2D eigenvalue weighted by Gasteiger charge is -2.11. The molecule has 1 atom stereocenters. The monoisotopic (exact) mass is 272 g/mol. The number of thiazole rings is 1. The fourth-order valence-corrected chi connectivity index (χ4v) is 3.23. The van der Waals surface area contributed by atoms with Gasteiger partial charge in [0.2, 0.25) is 0 Å². The van der Waals surface area contributed by atoms with Crippen LogP contribution in [0.5, 0.6) is 0 Å². The first-order chi connectivity index (χ1) is 9.19. The standard InChI is InChI=1S/C15H16N2OS/c1-9-4-5-12-11(6-9)7-13(18-12)14(16-3)15-10(2)17-8-19-15/h4-8,14,16H,1-3H3. The molecule has 0 amide bonds. The van der Waals surface area contributed by atoms with Gasteiger partial charge in [-0.3, -0.25) is 0 Å². The summed E-state index contributed by atoms with van der Waals surface area (Å²) in [7, 11) is 1.95. The van der Waals surface area contributed by atoms with Gasteiger partial charge in [0, 0.05) is 5.39 Å². The van der Waals surface area contributed by atoms with E-state index >= 15 is 0 Å². The molecule has 4 heteroatoms. The van der Waals surface area contributed by atoms with Gasteiger partial charge in [-0.05, 0) is 39.1 Å². The highest BCUT2D eigenvalue weighted by molar-refractivity contribution is 7.09. The number of rotatable bonds is 3. The number of fused-ring (bicyclic) bond motifs is 1. The molecule has 2 aromatic heterocycles. The van der Waals surface area contributed by atoms with E-state index in [9.17, 15) is 0 Å². The third-order valence-electron chi connectivity index (χ3n) is 3.31. The maximum absolute atomic E-state index is 5.97. The van der Waals surface area contributed by atoms with Crippen LogP contribution in [0.25, 0.3) is 11.0 Å². The van der Waals surface area contributed by atoms with Gasteiger partial charge in [-0.2, -0.15) is 0 Å². The highest BCUT2D eigenvalue weighted by atomic mass is 32.1. The summed E-state index contributed by atoms with van der Waals surface area (Å²) in [6, 6.07) is 8.43. The van der Waals surface area contributed by atoms with Crippen LogP contribution in [0.15, 0.2) is 34.2 Å². The van der Waals surface area contributed by atoms with Crippen molar-refractivity contribution in [2.75, 3.05) is 7.05 Å². The maximum atomic E-state index is 5.97. The summed E-state index contributed by atoms with van der Waals surface area (Å²) in [5, 5.41) is 4.46. The van der Waals surface area contributed by atoms with Crippen LogP contribution >= 0.6 is 11.3 Å². The van der Waals surface area contributed by atoms with Gasteiger partial charge < -0.3 is 9.73 Å². The lowest BCUT2D eigenvalue weighted by atomic mass is 10.1. The average Bonchev–Trinajstić information content (AvgIpc) is 2.97. The predicted molar refractivity (Wildman–Crippen MR) is 78.7 cm³/mol. The number of benzene rings is 1. The second kappa shape index (κ2) is 4.79. The molecular weight excluding hydrogens is 256 g/mol. The van der Waals surface area contributed by atoms with Crippen molar-refractivity contribution in [3.05, 3.63) is 51.7 Å². The zero-order chi connectivity index (χ0) is 13.4. The van der Waals surface area contributed by atoms with Crippen LogP contribution in [0.2, 0.25) is 0 Å². The molecule has 0 fully saturated rings. The van der Waals surface area contributed by atoms with E-state index in [1.165, 1.54) is 10.4 Å². The molecule has 3 rings (SSSR count). The van der Waals surface area contributed by atoms with Gasteiger partial charge in [-0.15, -0.1) is 11.3 Å². The molecule has 19 heavy (non-hydrogen) atoms. The summed E-state index contributed by atoms with van der Waals surface area (Å²) in [6.45, 7) is 4.12. The van der Waals surface area contributed by atoms with Crippen molar-refractivity contribution in [3.8, 4) is 0 Å². The minimum Gasteiger partial charge on any atom is -0.459 e. The summed E-state index contributed by atoms with van der Waals surface area (Å²) < 4.78 is 5.97. The van der Waals surface area contributed by atoms with Crippen molar-refractivity contribution in [3.63, 3.8) is 0 Å². The Morgan fingerprint density at radius 3 is 2.79 bits per heavy atom. The van der Waals surface area contributed by atoms with E-state index in [4.69, 9.17) is 4.42 Å². The van der Waals surface area contributed by atoms with E-state index in [1.807, 2.05) is 25.5 Å². The third kappa shape index (κ3) is 2.17. The van der Waals surface area contributed by atoms with E-state index < -0.39 is 0 Å². The van der Waals surface area contributed by atoms with Gasteiger partial charge in [0.25, 0.3) is 0 Å². The Morgan fingerprint density at radius 1 is 1.26 bits per heavy atom. The number of aromatic nitrogens is 1. The minimum atomic E-state index is 0.0696. The molecule has 0 aliphatic carbocycles. The molecule has 1 aromatic carbocycles. The Kier molecular flexibility index (Phi) is 3.12. The molecule has 3 aromatic rings. The zero-order valence-corrected chi connectivity index (χ0v) is 12.0. The van der Waals surface area contributed by atoms with Gasteiger partial charge in [-0.1, -0.05) is 11.6 Å². The van der Waals surface area contributed by atoms with E-state index in [0.717, 1.165) is 22.4 Å². The fraction of sp³-hybridized carbons (Fsp3) is 0.267. The largest absolute Gasteiger partial charge is 0.459 e. The van der Waals surface area contributed by atoms with Crippen LogP contribution in [0.1, 0.15) is 27.9 Å². The van der Waals surface area contributed by atoms with Gasteiger partial charge in [0.1, 0.15) is 17.4 Å². The Balaban J connectivity index is 2.09. The van der Waals surface area contributed by atoms with E-state index in [1.54, 1.807) is 11.3 Å². The highest BCUT2D eigenvalue weighted by Gasteiger charge is 2.20. The summed E-state index contributed by atoms with van der Waals surface area (Å²) in [5.41, 5.74) is 5.11. The van der Waals surface area contributed by atoms with Gasteiger partial charge >= 0.3 is 0 Å². The van der Waals surface area contributed by atoms with Crippen molar-refractivity contribution in [1.82, 2.24) is 10.3 Å². The Hall–Kier alpha value is -1.65. The van der Waals surface area contributed by atoms with Crippen LogP contribution in [0.4, 0.5) is 0 Å². The molecule has 0 aliphatic heterocycles. The molecule has 0 saturated heterocycles. The van der Waals surface area contributed by atoms with Crippen molar-refractivity contribution in [2.45, 2.75) is 19.9 Å². The van der Waals surface area contributed by atoms with Crippen LogP contribution in [-0.4, -0.2) is 12.0 Å². The lowest BCUT2D eigenvalue weighted by molar-refractivity contribution is 0.494. The molecule has 1 unspecified atom stereocenters. The molecular formula is C15H16N2OS. The summed E-state index contributed by atoms with van der Waals surface area (Å²) in [4.78, 5) is 5.52. The topological polar surface area (TPSA) is 38.1 Å². The average molecular weight is 272 g/mol. The molecule has 0 saturated carbocycles. The zero-order valence-electron chi connectivity index (χ0n) is 11.2. The summed E-state index contributed by atoms with van der Waals surface area (Å²) >= 11 is 1.66. The first-order valence-electron chi connectivity index (χ1n) is 6.26. The normalized spacial score (nSPS) is 13.0. The maximum Gasteiger partial charge on any atom is 0.134 e. The number of hydrogen-bond acceptors (Lipinski definition) is 4. The van der Waals surface area contributed by atoms with Gasteiger partial charge in [-0.25, -0.2) is 4.98 Å². The molecule has 1 N–H and O–H groups in total. The lowest BCUT2D eigenvalue weighted by Crippen LogP contribution is -2.16. The quantitative estimate of drug-likeness (QED) is 0.787. The van der Waals surface area contributed by atoms with Crippen LogP contribution < -0.4 is 5.32 Å². The summed E-state index contributed by atoms with van der Waals surface area (Å²) in [6.07, 6.45) is 0. The number of aryl methyl sites for hydroxylation is 2. The predicted octanol–water partition coefficient (Wildman–Crippen LogP) is 3.81. The fourth-order valence-electron chi connectivity index (χ4n) is 2.32. The van der Waals surface area contributed by atoms with Crippen molar-refractivity contribution >= 4 is 22.3 Å². The molecule has 0 spiro atoms. The Morgan fingerprint density at radius 2 is 2.11 bits per heavy atom. The number of furan rings is 1. The second-order valence-electron chi connectivity index (χ2n) is 4.71. The minimum absolute atomic E-state index is 0.0696. The smallest absolute Gasteiger partial charge is 0.134 e. The van der Waals surface area contributed by atoms with Gasteiger partial charge in [0.05, 0.1) is 16.1 Å². The number of nitrogens with zero attached hydrogens (tertiary/aromatic N) is 1. The second-order valence-corrected chi connectivity index (χ2v) is 5.60. The Bertz CT molecular complexity index is 714. The van der Waals surface area contributed by atoms with E-state index in [-0.39, 0.29) is 6.04 Å². The van der Waals surface area contributed by atoms with Crippen LogP contribution in [-0.2, 0) is 0 Å². The SMILES string of the molecule is CNC(c1cc2cc(C)ccc2o1)c1scnc1C. The highest BCUT2D eigenvalue weighted by Crippen LogP contribution is 2.31. The number of hydrogen-bond donors (Lipinski definition) is 1. The first kappa shape index (κ1) is 12.4. The molecule has 3 nitrogen and oxygen atoms in total. The van der Waals surface area contributed by atoms with Gasteiger partial charge in [0.15, 0.2) is 0 Å². The van der Waals surface area contributed by atoms with Crippen molar-refractivity contribution in [1.29, 1.82) is 0 Å². The van der Waals surface area contributed by atoms with Crippen molar-refractivity contribution < 1.29 is 4.42 Å². The molecule has 0 bridgehead atoms. The summed E-state index contributed by atoms with van der Waals surface area (Å²) in [5.74, 6) is 0.940. The first-order valence-corrected chi connectivity index (χ1v) is 7.14. The van der Waals surface area contributed by atoms with E-state index in [2.05, 4.69) is 35.4 Å². The number of nitrogens with one attached hydrogen (secondary N) is 1. The van der Waals surface area contributed by atoms with Crippen LogP contribution in [0.3, 0.4) is 0 Å². The third-order valence-corrected chi connectivity index (χ3v) is 4.30. The molecule has 0 aliphatic rings.